The number of aromatic carboxylic acids is 1. The molecule has 1 N–H and O–H groups in total. The highest BCUT2D eigenvalue weighted by Gasteiger charge is 2.25. The molecule has 2 aromatic rings. The molecular weight excluding hydrogens is 282 g/mol. The van der Waals surface area contributed by atoms with E-state index in [-0.39, 0.29) is 11.6 Å². The highest BCUT2D eigenvalue weighted by Crippen LogP contribution is 2.37. The average molecular weight is 299 g/mol. The van der Waals surface area contributed by atoms with Gasteiger partial charge in [-0.05, 0) is 30.5 Å². The van der Waals surface area contributed by atoms with Crippen LogP contribution in [0.2, 0.25) is 0 Å². The Balaban J connectivity index is 2.28. The molecule has 0 spiro atoms. The van der Waals surface area contributed by atoms with Gasteiger partial charge in [-0.3, -0.25) is 4.79 Å². The van der Waals surface area contributed by atoms with E-state index in [1.807, 2.05) is 22.8 Å². The average Bonchev–Trinajstić information content (AvgIpc) is 2.52. The van der Waals surface area contributed by atoms with E-state index in [1.165, 1.54) is 12.3 Å². The molecule has 0 fully saturated rings. The summed E-state index contributed by atoms with van der Waals surface area (Å²) in [6.07, 6.45) is 3.14. The molecule has 5 nitrogen and oxygen atoms in total. The van der Waals surface area contributed by atoms with E-state index < -0.39 is 11.4 Å². The fourth-order valence-electron chi connectivity index (χ4n) is 3.02. The Morgan fingerprint density at radius 1 is 1.41 bits per heavy atom. The largest absolute Gasteiger partial charge is 0.497 e. The first kappa shape index (κ1) is 14.4. The number of benzene rings is 1. The normalized spacial score (nSPS) is 15.8. The number of aromatic nitrogens is 1. The second-order valence-electron chi connectivity index (χ2n) is 5.44. The number of pyridine rings is 1. The predicted octanol–water partition coefficient (Wildman–Crippen LogP) is 2.73. The van der Waals surface area contributed by atoms with Gasteiger partial charge in [-0.2, -0.15) is 0 Å². The van der Waals surface area contributed by atoms with Crippen molar-refractivity contribution in [3.63, 3.8) is 0 Å². The standard InChI is InChI=1S/C17H17NO4/c1-3-11-6-10-4-5-12(22-2)7-13(10)15-8-16(19)14(17(20)21)9-18(11)15/h4-5,7-9,11H,3,6H2,1-2H3,(H,20,21). The number of carboxylic acid groups (broad SMARTS) is 1. The summed E-state index contributed by atoms with van der Waals surface area (Å²) in [5.74, 6) is -0.471. The van der Waals surface area contributed by atoms with Crippen LogP contribution in [-0.2, 0) is 6.42 Å². The third kappa shape index (κ3) is 2.19. The maximum absolute atomic E-state index is 12.1. The lowest BCUT2D eigenvalue weighted by Crippen LogP contribution is -2.25. The molecule has 0 aliphatic carbocycles. The van der Waals surface area contributed by atoms with Crippen molar-refractivity contribution in [2.24, 2.45) is 0 Å². The Morgan fingerprint density at radius 3 is 2.82 bits per heavy atom. The monoisotopic (exact) mass is 299 g/mol. The van der Waals surface area contributed by atoms with Crippen LogP contribution in [0.5, 0.6) is 5.75 Å². The van der Waals surface area contributed by atoms with E-state index in [4.69, 9.17) is 4.74 Å². The van der Waals surface area contributed by atoms with Gasteiger partial charge in [0.25, 0.3) is 0 Å². The van der Waals surface area contributed by atoms with Gasteiger partial charge in [0.1, 0.15) is 11.3 Å². The minimum atomic E-state index is -1.19. The number of methoxy groups -OCH3 is 1. The molecule has 0 amide bonds. The Labute approximate surface area is 127 Å². The smallest absolute Gasteiger partial charge is 0.341 e. The Kier molecular flexibility index (Phi) is 3.48. The Bertz CT molecular complexity index is 807. The zero-order valence-electron chi connectivity index (χ0n) is 12.5. The Morgan fingerprint density at radius 2 is 2.18 bits per heavy atom. The van der Waals surface area contributed by atoms with Crippen molar-refractivity contribution in [1.82, 2.24) is 4.57 Å². The van der Waals surface area contributed by atoms with Crippen LogP contribution in [0.4, 0.5) is 0 Å². The van der Waals surface area contributed by atoms with E-state index >= 15 is 0 Å². The van der Waals surface area contributed by atoms with Crippen LogP contribution in [0.3, 0.4) is 0 Å². The fourth-order valence-corrected chi connectivity index (χ4v) is 3.02. The van der Waals surface area contributed by atoms with Crippen LogP contribution >= 0.6 is 0 Å². The van der Waals surface area contributed by atoms with Crippen molar-refractivity contribution >= 4 is 5.97 Å². The lowest BCUT2D eigenvalue weighted by molar-refractivity contribution is 0.0694. The molecule has 1 unspecified atom stereocenters. The van der Waals surface area contributed by atoms with E-state index in [2.05, 4.69) is 6.92 Å². The second kappa shape index (κ2) is 5.33. The van der Waals surface area contributed by atoms with E-state index in [1.54, 1.807) is 7.11 Å². The number of fused-ring (bicyclic) bond motifs is 3. The summed E-state index contributed by atoms with van der Waals surface area (Å²) in [7, 11) is 1.60. The van der Waals surface area contributed by atoms with Crippen molar-refractivity contribution in [2.45, 2.75) is 25.8 Å². The van der Waals surface area contributed by atoms with Gasteiger partial charge in [-0.15, -0.1) is 0 Å². The zero-order chi connectivity index (χ0) is 15.9. The first-order chi connectivity index (χ1) is 10.5. The van der Waals surface area contributed by atoms with Crippen LogP contribution < -0.4 is 10.2 Å². The maximum atomic E-state index is 12.1. The number of hydrogen-bond donors (Lipinski definition) is 1. The third-order valence-electron chi connectivity index (χ3n) is 4.22. The fraction of sp³-hybridized carbons (Fsp3) is 0.294. The van der Waals surface area contributed by atoms with Gasteiger partial charge in [-0.1, -0.05) is 13.0 Å². The van der Waals surface area contributed by atoms with Gasteiger partial charge in [0.2, 0.25) is 0 Å². The lowest BCUT2D eigenvalue weighted by Gasteiger charge is -2.30. The summed E-state index contributed by atoms with van der Waals surface area (Å²) in [6.45, 7) is 2.06. The molecule has 0 saturated carbocycles. The summed E-state index contributed by atoms with van der Waals surface area (Å²) in [5.41, 5.74) is 2.17. The number of carbonyl (C=O) groups is 1. The van der Waals surface area contributed by atoms with Crippen molar-refractivity contribution in [3.8, 4) is 17.0 Å². The summed E-state index contributed by atoms with van der Waals surface area (Å²) in [6, 6.07) is 7.38. The molecule has 1 aliphatic heterocycles. The second-order valence-corrected chi connectivity index (χ2v) is 5.44. The molecule has 3 rings (SSSR count). The highest BCUT2D eigenvalue weighted by molar-refractivity contribution is 5.87. The van der Waals surface area contributed by atoms with Crippen LogP contribution in [0.1, 0.15) is 35.3 Å². The minimum Gasteiger partial charge on any atom is -0.497 e. The number of ether oxygens (including phenoxy) is 1. The quantitative estimate of drug-likeness (QED) is 0.946. The summed E-state index contributed by atoms with van der Waals surface area (Å²) < 4.78 is 7.17. The Hall–Kier alpha value is -2.56. The van der Waals surface area contributed by atoms with Crippen LogP contribution in [0.15, 0.2) is 35.3 Å². The van der Waals surface area contributed by atoms with Crippen LogP contribution in [-0.4, -0.2) is 22.8 Å². The molecule has 1 aliphatic rings. The van der Waals surface area contributed by atoms with Crippen molar-refractivity contribution < 1.29 is 14.6 Å². The third-order valence-corrected chi connectivity index (χ3v) is 4.22. The first-order valence-electron chi connectivity index (χ1n) is 7.22. The van der Waals surface area contributed by atoms with Gasteiger partial charge in [-0.25, -0.2) is 4.79 Å². The van der Waals surface area contributed by atoms with Crippen LogP contribution in [0, 0.1) is 0 Å². The zero-order valence-corrected chi connectivity index (χ0v) is 12.5. The number of hydrogen-bond acceptors (Lipinski definition) is 3. The molecule has 114 valence electrons. The first-order valence-corrected chi connectivity index (χ1v) is 7.22. The number of nitrogens with zero attached hydrogens (tertiary/aromatic N) is 1. The van der Waals surface area contributed by atoms with Crippen molar-refractivity contribution in [2.75, 3.05) is 7.11 Å². The van der Waals surface area contributed by atoms with E-state index in [0.717, 1.165) is 35.4 Å². The molecule has 1 aromatic carbocycles. The van der Waals surface area contributed by atoms with Gasteiger partial charge < -0.3 is 14.4 Å². The van der Waals surface area contributed by atoms with Gasteiger partial charge in [0, 0.05) is 23.9 Å². The minimum absolute atomic E-state index is 0.148. The maximum Gasteiger partial charge on any atom is 0.341 e. The topological polar surface area (TPSA) is 68.5 Å². The van der Waals surface area contributed by atoms with Crippen molar-refractivity contribution in [1.29, 1.82) is 0 Å². The summed E-state index contributed by atoms with van der Waals surface area (Å²) >= 11 is 0. The van der Waals surface area contributed by atoms with Gasteiger partial charge in [0.15, 0.2) is 5.43 Å². The molecule has 0 radical (unpaired) electrons. The van der Waals surface area contributed by atoms with Gasteiger partial charge in [0.05, 0.1) is 12.8 Å². The molecule has 2 heterocycles. The molecule has 0 saturated heterocycles. The van der Waals surface area contributed by atoms with Gasteiger partial charge >= 0.3 is 5.97 Å². The molecule has 0 bridgehead atoms. The summed E-state index contributed by atoms with van der Waals surface area (Å²) in [4.78, 5) is 23.3. The van der Waals surface area contributed by atoms with Crippen molar-refractivity contribution in [3.05, 3.63) is 51.8 Å². The summed E-state index contributed by atoms with van der Waals surface area (Å²) in [5, 5.41) is 9.17. The molecule has 1 atom stereocenters. The SMILES string of the molecule is CCC1Cc2ccc(OC)cc2-c2cc(=O)c(C(=O)O)cn21. The van der Waals surface area contributed by atoms with E-state index in [0.29, 0.717) is 0 Å². The van der Waals surface area contributed by atoms with Crippen LogP contribution in [0.25, 0.3) is 11.3 Å². The lowest BCUT2D eigenvalue weighted by atomic mass is 9.91. The molecule has 5 heteroatoms. The van der Waals surface area contributed by atoms with E-state index in [9.17, 15) is 14.7 Å². The highest BCUT2D eigenvalue weighted by atomic mass is 16.5. The predicted molar refractivity (Wildman–Crippen MR) is 82.7 cm³/mol. The number of rotatable bonds is 3. The number of carboxylic acids is 1. The molecule has 22 heavy (non-hydrogen) atoms. The molecule has 1 aromatic heterocycles. The molecular formula is C17H17NO4.